The number of carboxylic acids is 1. The van der Waals surface area contributed by atoms with E-state index in [9.17, 15) is 9.59 Å². The van der Waals surface area contributed by atoms with E-state index >= 15 is 0 Å². The molecule has 0 radical (unpaired) electrons. The number of hydrogen-bond acceptors (Lipinski definition) is 5. The predicted molar refractivity (Wildman–Crippen MR) is 88.1 cm³/mol. The zero-order valence-electron chi connectivity index (χ0n) is 13.2. The highest BCUT2D eigenvalue weighted by Gasteiger charge is 2.43. The SMILES string of the molecule is CC(=O)Sc1ccc2c(c1)OCC21CCN(CCC(=O)O)CC1. The molecule has 1 saturated heterocycles. The lowest BCUT2D eigenvalue weighted by Crippen LogP contribution is -2.44. The zero-order chi connectivity index (χ0) is 16.4. The summed E-state index contributed by atoms with van der Waals surface area (Å²) in [7, 11) is 0. The van der Waals surface area contributed by atoms with Gasteiger partial charge < -0.3 is 14.7 Å². The lowest BCUT2D eigenvalue weighted by molar-refractivity contribution is -0.137. The minimum atomic E-state index is -0.740. The smallest absolute Gasteiger partial charge is 0.304 e. The number of fused-ring (bicyclic) bond motifs is 2. The molecule has 1 spiro atoms. The Hall–Kier alpha value is -1.53. The minimum Gasteiger partial charge on any atom is -0.492 e. The van der Waals surface area contributed by atoms with Crippen LogP contribution in [0, 0.1) is 0 Å². The topological polar surface area (TPSA) is 66.8 Å². The van der Waals surface area contributed by atoms with E-state index in [1.165, 1.54) is 17.3 Å². The van der Waals surface area contributed by atoms with Gasteiger partial charge in [-0.05, 0) is 38.1 Å². The maximum Gasteiger partial charge on any atom is 0.304 e. The van der Waals surface area contributed by atoms with Crippen molar-refractivity contribution >= 4 is 22.8 Å². The van der Waals surface area contributed by atoms with Gasteiger partial charge in [-0.15, -0.1) is 0 Å². The second kappa shape index (κ2) is 6.53. The summed E-state index contributed by atoms with van der Waals surface area (Å²) in [5, 5.41) is 8.87. The zero-order valence-corrected chi connectivity index (χ0v) is 14.0. The fraction of sp³-hybridized carbons (Fsp3) is 0.529. The highest BCUT2D eigenvalue weighted by atomic mass is 32.2. The maximum absolute atomic E-state index is 11.2. The van der Waals surface area contributed by atoms with Gasteiger partial charge in [-0.25, -0.2) is 0 Å². The molecule has 124 valence electrons. The fourth-order valence-electron chi connectivity index (χ4n) is 3.46. The Balaban J connectivity index is 1.68. The Morgan fingerprint density at radius 1 is 1.35 bits per heavy atom. The van der Waals surface area contributed by atoms with E-state index in [0.29, 0.717) is 13.2 Å². The Morgan fingerprint density at radius 2 is 2.09 bits per heavy atom. The van der Waals surface area contributed by atoms with Crippen LogP contribution in [0.2, 0.25) is 0 Å². The molecule has 1 N–H and O–H groups in total. The third-order valence-electron chi connectivity index (χ3n) is 4.75. The molecule has 23 heavy (non-hydrogen) atoms. The van der Waals surface area contributed by atoms with E-state index in [1.54, 1.807) is 6.92 Å². The summed E-state index contributed by atoms with van der Waals surface area (Å²) in [6.45, 7) is 4.67. The first-order valence-corrected chi connectivity index (χ1v) is 8.70. The van der Waals surface area contributed by atoms with Crippen molar-refractivity contribution in [2.75, 3.05) is 26.2 Å². The van der Waals surface area contributed by atoms with Crippen molar-refractivity contribution < 1.29 is 19.4 Å². The number of ether oxygens (including phenoxy) is 1. The first kappa shape index (κ1) is 16.3. The normalized spacial score (nSPS) is 19.3. The molecule has 1 aromatic carbocycles. The fourth-order valence-corrected chi connectivity index (χ4v) is 4.09. The van der Waals surface area contributed by atoms with Gasteiger partial charge in [-0.3, -0.25) is 9.59 Å². The van der Waals surface area contributed by atoms with Crippen molar-refractivity contribution in [2.45, 2.75) is 36.5 Å². The number of benzene rings is 1. The largest absolute Gasteiger partial charge is 0.492 e. The van der Waals surface area contributed by atoms with Crippen molar-refractivity contribution in [3.63, 3.8) is 0 Å². The third-order valence-corrected chi connectivity index (χ3v) is 5.52. The van der Waals surface area contributed by atoms with Crippen LogP contribution in [0.25, 0.3) is 0 Å². The number of carbonyl (C=O) groups excluding carboxylic acids is 1. The van der Waals surface area contributed by atoms with Crippen LogP contribution < -0.4 is 4.74 Å². The molecule has 0 bridgehead atoms. The van der Waals surface area contributed by atoms with Crippen LogP contribution in [0.4, 0.5) is 0 Å². The van der Waals surface area contributed by atoms with Gasteiger partial charge in [0.15, 0.2) is 5.12 Å². The molecule has 0 aromatic heterocycles. The molecule has 2 aliphatic rings. The van der Waals surface area contributed by atoms with Gasteiger partial charge in [-0.2, -0.15) is 0 Å². The van der Waals surface area contributed by atoms with Gasteiger partial charge in [0.05, 0.1) is 13.0 Å². The molecular formula is C17H21NO4S. The van der Waals surface area contributed by atoms with Crippen LogP contribution in [0.1, 0.15) is 31.7 Å². The Labute approximate surface area is 140 Å². The van der Waals surface area contributed by atoms with Crippen LogP contribution in [0.5, 0.6) is 5.75 Å². The Kier molecular flexibility index (Phi) is 4.64. The molecule has 0 unspecified atom stereocenters. The van der Waals surface area contributed by atoms with Crippen molar-refractivity contribution in [1.29, 1.82) is 0 Å². The van der Waals surface area contributed by atoms with Gasteiger partial charge >= 0.3 is 5.97 Å². The van der Waals surface area contributed by atoms with Gasteiger partial charge in [0.1, 0.15) is 5.75 Å². The Morgan fingerprint density at radius 3 is 2.74 bits per heavy atom. The van der Waals surface area contributed by atoms with Crippen LogP contribution in [-0.2, 0) is 15.0 Å². The summed E-state index contributed by atoms with van der Waals surface area (Å²) >= 11 is 1.23. The number of likely N-dealkylation sites (tertiary alicyclic amines) is 1. The van der Waals surface area contributed by atoms with Crippen molar-refractivity contribution in [2.24, 2.45) is 0 Å². The molecular weight excluding hydrogens is 314 g/mol. The van der Waals surface area contributed by atoms with E-state index in [0.717, 1.165) is 36.6 Å². The average Bonchev–Trinajstić information content (AvgIpc) is 2.84. The highest BCUT2D eigenvalue weighted by Crippen LogP contribution is 2.46. The monoisotopic (exact) mass is 335 g/mol. The molecule has 5 nitrogen and oxygen atoms in total. The average molecular weight is 335 g/mol. The predicted octanol–water partition coefficient (Wildman–Crippen LogP) is 2.53. The van der Waals surface area contributed by atoms with Crippen LogP contribution >= 0.6 is 11.8 Å². The molecule has 6 heteroatoms. The third kappa shape index (κ3) is 3.53. The van der Waals surface area contributed by atoms with E-state index in [4.69, 9.17) is 9.84 Å². The van der Waals surface area contributed by atoms with Crippen molar-refractivity contribution in [3.8, 4) is 5.75 Å². The summed E-state index contributed by atoms with van der Waals surface area (Å²) in [5.74, 6) is 0.158. The summed E-state index contributed by atoms with van der Waals surface area (Å²) in [4.78, 5) is 25.1. The number of carboxylic acid groups (broad SMARTS) is 1. The number of piperidine rings is 1. The number of nitrogens with zero attached hydrogens (tertiary/aromatic N) is 1. The molecule has 0 atom stereocenters. The van der Waals surface area contributed by atoms with E-state index < -0.39 is 5.97 Å². The second-order valence-corrected chi connectivity index (χ2v) is 7.56. The lowest BCUT2D eigenvalue weighted by Gasteiger charge is -2.38. The molecule has 0 aliphatic carbocycles. The molecule has 1 fully saturated rings. The summed E-state index contributed by atoms with van der Waals surface area (Å²) in [6.07, 6.45) is 2.17. The quantitative estimate of drug-likeness (QED) is 0.853. The van der Waals surface area contributed by atoms with Gasteiger partial charge in [0.25, 0.3) is 0 Å². The number of rotatable bonds is 4. The number of carbonyl (C=O) groups is 2. The van der Waals surface area contributed by atoms with Gasteiger partial charge in [0.2, 0.25) is 0 Å². The van der Waals surface area contributed by atoms with Crippen LogP contribution in [-0.4, -0.2) is 47.3 Å². The number of hydrogen-bond donors (Lipinski definition) is 1. The number of thioether (sulfide) groups is 1. The van der Waals surface area contributed by atoms with Crippen LogP contribution in [0.3, 0.4) is 0 Å². The molecule has 2 heterocycles. The summed E-state index contributed by atoms with van der Waals surface area (Å²) < 4.78 is 5.91. The van der Waals surface area contributed by atoms with Crippen molar-refractivity contribution in [3.05, 3.63) is 23.8 Å². The molecule has 2 aliphatic heterocycles. The standard InChI is InChI=1S/C17H21NO4S/c1-12(19)23-13-2-3-14-15(10-13)22-11-17(14)5-8-18(9-6-17)7-4-16(20)21/h2-3,10H,4-9,11H2,1H3,(H,20,21). The number of aliphatic carboxylic acids is 1. The lowest BCUT2D eigenvalue weighted by atomic mass is 9.74. The van der Waals surface area contributed by atoms with E-state index in [2.05, 4.69) is 11.0 Å². The molecule has 1 aromatic rings. The van der Waals surface area contributed by atoms with Gasteiger partial charge in [-0.1, -0.05) is 17.8 Å². The summed E-state index contributed by atoms with van der Waals surface area (Å²) in [6, 6.07) is 6.06. The van der Waals surface area contributed by atoms with E-state index in [1.807, 2.05) is 12.1 Å². The highest BCUT2D eigenvalue weighted by molar-refractivity contribution is 8.13. The van der Waals surface area contributed by atoms with E-state index in [-0.39, 0.29) is 17.0 Å². The first-order chi connectivity index (χ1) is 11.0. The summed E-state index contributed by atoms with van der Waals surface area (Å²) in [5.41, 5.74) is 1.29. The maximum atomic E-state index is 11.2. The van der Waals surface area contributed by atoms with Gasteiger partial charge in [0, 0.05) is 29.3 Å². The molecule has 0 amide bonds. The Bertz CT molecular complexity index is 623. The second-order valence-electron chi connectivity index (χ2n) is 6.31. The van der Waals surface area contributed by atoms with Crippen molar-refractivity contribution in [1.82, 2.24) is 4.90 Å². The molecule has 0 saturated carbocycles. The molecule has 3 rings (SSSR count). The minimum absolute atomic E-state index is 0.0501. The van der Waals surface area contributed by atoms with Crippen LogP contribution in [0.15, 0.2) is 23.1 Å². The first-order valence-electron chi connectivity index (χ1n) is 7.88.